The molecule has 1 aliphatic heterocycles. The Hall–Kier alpha value is -0.900. The third-order valence-electron chi connectivity index (χ3n) is 8.45. The first kappa shape index (κ1) is 44.1. The van der Waals surface area contributed by atoms with E-state index < -0.39 is 59.8 Å². The number of hydrogen-bond donors (Lipinski definition) is 4. The van der Waals surface area contributed by atoms with Gasteiger partial charge in [0.1, 0.15) is 30.5 Å². The monoisotopic (exact) mass is 698 g/mol. The Balaban J connectivity index is 2.20. The minimum atomic E-state index is -5.04. The highest BCUT2D eigenvalue weighted by atomic mass is 32.3. The van der Waals surface area contributed by atoms with Crippen LogP contribution in [-0.2, 0) is 38.3 Å². The van der Waals surface area contributed by atoms with Gasteiger partial charge in [0.05, 0.1) is 19.8 Å². The van der Waals surface area contributed by atoms with Crippen molar-refractivity contribution in [3.05, 3.63) is 0 Å². The highest BCUT2D eigenvalue weighted by molar-refractivity contribution is 7.80. The molecule has 12 nitrogen and oxygen atoms in total. The quantitative estimate of drug-likeness (QED) is 0.0390. The SMILES string of the molecule is CCCCCCCCCCCCCCCCCCCCCOCC(COC1OC(CO)C(O)C(OS(=O)(=O)O)C1O)OC(=O)CCC. The van der Waals surface area contributed by atoms with Crippen LogP contribution in [0.15, 0.2) is 0 Å². The molecule has 0 aromatic heterocycles. The lowest BCUT2D eigenvalue weighted by Crippen LogP contribution is -2.60. The third kappa shape index (κ3) is 22.4. The Bertz CT molecular complexity index is 858. The molecule has 4 N–H and O–H groups in total. The molecule has 0 aliphatic carbocycles. The van der Waals surface area contributed by atoms with Crippen LogP contribution in [0, 0.1) is 0 Å². The molecule has 0 bridgehead atoms. The van der Waals surface area contributed by atoms with Crippen LogP contribution in [0.4, 0.5) is 0 Å². The van der Waals surface area contributed by atoms with Gasteiger partial charge in [-0.1, -0.05) is 129 Å². The number of carbonyl (C=O) groups excluding carboxylic acids is 1. The summed E-state index contributed by atoms with van der Waals surface area (Å²) >= 11 is 0. The van der Waals surface area contributed by atoms with Crippen LogP contribution >= 0.6 is 0 Å². The van der Waals surface area contributed by atoms with E-state index in [2.05, 4.69) is 11.1 Å². The predicted octanol–water partition coefficient (Wildman–Crippen LogP) is 5.79. The number of aliphatic hydroxyl groups excluding tert-OH is 3. The molecule has 1 rings (SSSR count). The predicted molar refractivity (Wildman–Crippen MR) is 179 cm³/mol. The number of carbonyl (C=O) groups is 1. The number of hydrogen-bond acceptors (Lipinski definition) is 11. The lowest BCUT2D eigenvalue weighted by atomic mass is 9.99. The lowest BCUT2D eigenvalue weighted by molar-refractivity contribution is -0.301. The summed E-state index contributed by atoms with van der Waals surface area (Å²) in [4.78, 5) is 12.1. The van der Waals surface area contributed by atoms with Crippen LogP contribution in [0.1, 0.15) is 149 Å². The summed E-state index contributed by atoms with van der Waals surface area (Å²) in [5, 5.41) is 30.2. The van der Waals surface area contributed by atoms with E-state index in [9.17, 15) is 28.5 Å². The van der Waals surface area contributed by atoms with E-state index in [-0.39, 0.29) is 19.6 Å². The fourth-order valence-corrected chi connectivity index (χ4v) is 6.22. The van der Waals surface area contributed by atoms with Gasteiger partial charge in [0, 0.05) is 13.0 Å². The number of unbranched alkanes of at least 4 members (excludes halogenated alkanes) is 18. The Labute approximate surface area is 284 Å². The van der Waals surface area contributed by atoms with Crippen LogP contribution in [0.5, 0.6) is 0 Å². The second kappa shape index (κ2) is 27.9. The highest BCUT2D eigenvalue weighted by Crippen LogP contribution is 2.26. The van der Waals surface area contributed by atoms with Gasteiger partial charge in [-0.2, -0.15) is 8.42 Å². The first-order valence-corrected chi connectivity index (χ1v) is 19.7. The zero-order valence-corrected chi connectivity index (χ0v) is 29.9. The molecule has 0 aromatic carbocycles. The highest BCUT2D eigenvalue weighted by Gasteiger charge is 2.48. The maximum absolute atomic E-state index is 12.1. The van der Waals surface area contributed by atoms with Gasteiger partial charge >= 0.3 is 16.4 Å². The van der Waals surface area contributed by atoms with Crippen LogP contribution in [0.25, 0.3) is 0 Å². The molecule has 6 atom stereocenters. The molecular formula is C34H66O12S. The molecular weight excluding hydrogens is 632 g/mol. The van der Waals surface area contributed by atoms with Crippen molar-refractivity contribution in [3.63, 3.8) is 0 Å². The van der Waals surface area contributed by atoms with E-state index >= 15 is 0 Å². The van der Waals surface area contributed by atoms with E-state index in [1.54, 1.807) is 0 Å². The smallest absolute Gasteiger partial charge is 0.397 e. The summed E-state index contributed by atoms with van der Waals surface area (Å²) in [6, 6.07) is 0. The lowest BCUT2D eigenvalue weighted by Gasteiger charge is -2.41. The second-order valence-electron chi connectivity index (χ2n) is 12.8. The van der Waals surface area contributed by atoms with Gasteiger partial charge in [-0.15, -0.1) is 0 Å². The van der Waals surface area contributed by atoms with E-state index in [4.69, 9.17) is 23.5 Å². The summed E-state index contributed by atoms with van der Waals surface area (Å²) in [5.74, 6) is -0.449. The van der Waals surface area contributed by atoms with Crippen molar-refractivity contribution in [1.29, 1.82) is 0 Å². The second-order valence-corrected chi connectivity index (χ2v) is 13.9. The largest absolute Gasteiger partial charge is 0.457 e. The molecule has 47 heavy (non-hydrogen) atoms. The van der Waals surface area contributed by atoms with E-state index in [1.807, 2.05) is 6.92 Å². The summed E-state index contributed by atoms with van der Waals surface area (Å²) in [6.07, 6.45) is 16.3. The molecule has 1 aliphatic rings. The van der Waals surface area contributed by atoms with Gasteiger partial charge in [0.25, 0.3) is 0 Å². The van der Waals surface area contributed by atoms with Gasteiger partial charge in [-0.25, -0.2) is 4.18 Å². The van der Waals surface area contributed by atoms with Crippen molar-refractivity contribution in [1.82, 2.24) is 0 Å². The summed E-state index contributed by atoms with van der Waals surface area (Å²) in [6.45, 7) is 3.60. The van der Waals surface area contributed by atoms with Gasteiger partial charge in [-0.3, -0.25) is 9.35 Å². The molecule has 0 amide bonds. The molecule has 0 radical (unpaired) electrons. The van der Waals surface area contributed by atoms with E-state index in [1.165, 1.54) is 103 Å². The number of aliphatic hydroxyl groups is 3. The van der Waals surface area contributed by atoms with Crippen LogP contribution < -0.4 is 0 Å². The Morgan fingerprint density at radius 1 is 0.723 bits per heavy atom. The minimum absolute atomic E-state index is 0.0360. The number of rotatable bonds is 31. The van der Waals surface area contributed by atoms with Gasteiger partial charge in [0.15, 0.2) is 6.29 Å². The average Bonchev–Trinajstić information content (AvgIpc) is 3.02. The maximum Gasteiger partial charge on any atom is 0.397 e. The number of ether oxygens (including phenoxy) is 4. The molecule has 1 fully saturated rings. The minimum Gasteiger partial charge on any atom is -0.457 e. The van der Waals surface area contributed by atoms with E-state index in [0.29, 0.717) is 13.0 Å². The zero-order chi connectivity index (χ0) is 34.8. The van der Waals surface area contributed by atoms with Crippen molar-refractivity contribution in [2.24, 2.45) is 0 Å². The summed E-state index contributed by atoms with van der Waals surface area (Å²) in [5.41, 5.74) is 0. The summed E-state index contributed by atoms with van der Waals surface area (Å²) < 4.78 is 57.9. The standard InChI is InChI=1S/C34H66O12S/c1-3-5-6-7-8-9-10-11-12-13-14-15-16-17-18-19-20-21-22-24-42-26-28(44-30(36)23-4-2)27-43-34-32(38)33(46-47(39,40)41)31(37)29(25-35)45-34/h28-29,31-35,37-38H,3-27H2,1-2H3,(H,39,40,41). The van der Waals surface area contributed by atoms with Crippen molar-refractivity contribution in [3.8, 4) is 0 Å². The average molecular weight is 699 g/mol. The molecule has 1 heterocycles. The Morgan fingerprint density at radius 3 is 1.66 bits per heavy atom. The first-order valence-electron chi connectivity index (χ1n) is 18.3. The molecule has 0 aromatic rings. The first-order chi connectivity index (χ1) is 22.6. The van der Waals surface area contributed by atoms with Crippen molar-refractivity contribution in [2.45, 2.75) is 185 Å². The Kier molecular flexibility index (Phi) is 26.2. The van der Waals surface area contributed by atoms with Crippen LogP contribution in [-0.4, -0.2) is 97.5 Å². The molecule has 1 saturated heterocycles. The van der Waals surface area contributed by atoms with Gasteiger partial charge in [0.2, 0.25) is 0 Å². The third-order valence-corrected chi connectivity index (χ3v) is 8.91. The fraction of sp³-hybridized carbons (Fsp3) is 0.971. The molecule has 0 saturated carbocycles. The molecule has 0 spiro atoms. The molecule has 13 heteroatoms. The van der Waals surface area contributed by atoms with Gasteiger partial charge < -0.3 is 34.3 Å². The fourth-order valence-electron chi connectivity index (χ4n) is 5.71. The number of esters is 1. The summed E-state index contributed by atoms with van der Waals surface area (Å²) in [7, 11) is -5.04. The van der Waals surface area contributed by atoms with Crippen LogP contribution in [0.3, 0.4) is 0 Å². The van der Waals surface area contributed by atoms with Crippen molar-refractivity contribution in [2.75, 3.05) is 26.4 Å². The normalized spacial score (nSPS) is 22.4. The van der Waals surface area contributed by atoms with Crippen LogP contribution in [0.2, 0.25) is 0 Å². The van der Waals surface area contributed by atoms with Crippen molar-refractivity contribution < 1.29 is 56.2 Å². The topological polar surface area (TPSA) is 178 Å². The van der Waals surface area contributed by atoms with E-state index in [0.717, 1.165) is 19.3 Å². The molecule has 280 valence electrons. The maximum atomic E-state index is 12.1. The Morgan fingerprint density at radius 2 is 1.21 bits per heavy atom. The zero-order valence-electron chi connectivity index (χ0n) is 29.1. The van der Waals surface area contributed by atoms with Gasteiger partial charge in [-0.05, 0) is 12.8 Å². The molecule has 6 unspecified atom stereocenters. The van der Waals surface area contributed by atoms with Crippen molar-refractivity contribution >= 4 is 16.4 Å².